The van der Waals surface area contributed by atoms with Crippen molar-refractivity contribution in [3.05, 3.63) is 29.6 Å². The molecule has 2 fully saturated rings. The third kappa shape index (κ3) is 2.35. The Morgan fingerprint density at radius 1 is 1.41 bits per heavy atom. The highest BCUT2D eigenvalue weighted by molar-refractivity contribution is 5.21. The normalized spacial score (nSPS) is 31.7. The van der Waals surface area contributed by atoms with Crippen LogP contribution in [0.3, 0.4) is 0 Å². The number of aryl methyl sites for hydroxylation is 1. The topological polar surface area (TPSA) is 28.2 Å². The number of aromatic nitrogens is 1. The molecule has 1 N–H and O–H groups in total. The predicted octanol–water partition coefficient (Wildman–Crippen LogP) is 1.57. The van der Waals surface area contributed by atoms with Gasteiger partial charge in [0.05, 0.1) is 0 Å². The van der Waals surface area contributed by atoms with Crippen LogP contribution < -0.4 is 5.32 Å². The van der Waals surface area contributed by atoms with Gasteiger partial charge in [-0.1, -0.05) is 0 Å². The summed E-state index contributed by atoms with van der Waals surface area (Å²) in [6, 6.07) is 2.85. The van der Waals surface area contributed by atoms with E-state index in [4.69, 9.17) is 0 Å². The van der Waals surface area contributed by atoms with Crippen molar-refractivity contribution >= 4 is 0 Å². The van der Waals surface area contributed by atoms with Crippen LogP contribution in [0.5, 0.6) is 0 Å². The van der Waals surface area contributed by atoms with Crippen molar-refractivity contribution in [1.82, 2.24) is 15.2 Å². The van der Waals surface area contributed by atoms with Crippen LogP contribution in [-0.2, 0) is 6.54 Å². The first-order chi connectivity index (χ1) is 8.33. The van der Waals surface area contributed by atoms with E-state index in [0.29, 0.717) is 0 Å². The van der Waals surface area contributed by atoms with Crippen LogP contribution in [0.15, 0.2) is 18.5 Å². The maximum atomic E-state index is 4.14. The monoisotopic (exact) mass is 231 g/mol. The lowest BCUT2D eigenvalue weighted by atomic mass is 9.94. The highest BCUT2D eigenvalue weighted by Crippen LogP contribution is 2.27. The number of pyridine rings is 1. The molecule has 0 aromatic carbocycles. The molecule has 3 rings (SSSR count). The Morgan fingerprint density at radius 3 is 3.18 bits per heavy atom. The standard InChI is InChI=1S/C14H21N3/c1-11-8-15-5-2-12(11)9-16-14-4-7-17-6-3-13(14)10-17/h2,5,8,13-14,16H,3-4,6-7,9-10H2,1H3. The zero-order valence-electron chi connectivity index (χ0n) is 10.5. The van der Waals surface area contributed by atoms with Gasteiger partial charge < -0.3 is 10.2 Å². The lowest BCUT2D eigenvalue weighted by Crippen LogP contribution is -2.43. The van der Waals surface area contributed by atoms with Gasteiger partial charge in [-0.3, -0.25) is 4.98 Å². The van der Waals surface area contributed by atoms with Crippen LogP contribution in [0.1, 0.15) is 24.0 Å². The molecule has 2 saturated heterocycles. The van der Waals surface area contributed by atoms with Crippen molar-refractivity contribution in [3.8, 4) is 0 Å². The second kappa shape index (κ2) is 4.75. The van der Waals surface area contributed by atoms with E-state index < -0.39 is 0 Å². The van der Waals surface area contributed by atoms with Gasteiger partial charge in [-0.25, -0.2) is 0 Å². The number of nitrogens with zero attached hydrogens (tertiary/aromatic N) is 2. The van der Waals surface area contributed by atoms with Crippen molar-refractivity contribution in [2.45, 2.75) is 32.4 Å². The van der Waals surface area contributed by atoms with Crippen LogP contribution in [0.2, 0.25) is 0 Å². The van der Waals surface area contributed by atoms with Gasteiger partial charge in [0.1, 0.15) is 0 Å². The smallest absolute Gasteiger partial charge is 0.0300 e. The Morgan fingerprint density at radius 2 is 2.29 bits per heavy atom. The lowest BCUT2D eigenvalue weighted by Gasteiger charge is -2.31. The third-order valence-corrected chi connectivity index (χ3v) is 4.33. The quantitative estimate of drug-likeness (QED) is 0.856. The van der Waals surface area contributed by atoms with E-state index in [-0.39, 0.29) is 0 Å². The molecule has 3 heteroatoms. The second-order valence-corrected chi connectivity index (χ2v) is 5.43. The highest BCUT2D eigenvalue weighted by atomic mass is 15.2. The molecule has 1 aromatic rings. The minimum Gasteiger partial charge on any atom is -0.310 e. The summed E-state index contributed by atoms with van der Waals surface area (Å²) in [6.45, 7) is 7.05. The van der Waals surface area contributed by atoms with Gasteiger partial charge in [0.25, 0.3) is 0 Å². The molecular weight excluding hydrogens is 210 g/mol. The largest absolute Gasteiger partial charge is 0.310 e. The van der Waals surface area contributed by atoms with Crippen LogP contribution >= 0.6 is 0 Å². The minimum atomic E-state index is 0.723. The van der Waals surface area contributed by atoms with Crippen molar-refractivity contribution in [3.63, 3.8) is 0 Å². The Hall–Kier alpha value is -0.930. The molecule has 3 heterocycles. The average molecular weight is 231 g/mol. The first kappa shape index (κ1) is 11.2. The molecule has 2 aliphatic rings. The van der Waals surface area contributed by atoms with Gasteiger partial charge in [-0.15, -0.1) is 0 Å². The van der Waals surface area contributed by atoms with E-state index in [1.807, 2.05) is 12.4 Å². The molecule has 92 valence electrons. The number of rotatable bonds is 3. The summed E-state index contributed by atoms with van der Waals surface area (Å²) in [7, 11) is 0. The van der Waals surface area contributed by atoms with Gasteiger partial charge >= 0.3 is 0 Å². The summed E-state index contributed by atoms with van der Waals surface area (Å²) in [4.78, 5) is 6.74. The third-order valence-electron chi connectivity index (χ3n) is 4.33. The zero-order valence-corrected chi connectivity index (χ0v) is 10.5. The second-order valence-electron chi connectivity index (χ2n) is 5.43. The molecule has 3 atom stereocenters. The molecule has 2 aliphatic heterocycles. The fourth-order valence-electron chi connectivity index (χ4n) is 3.16. The van der Waals surface area contributed by atoms with Gasteiger partial charge in [-0.05, 0) is 56.0 Å². The summed E-state index contributed by atoms with van der Waals surface area (Å²) >= 11 is 0. The van der Waals surface area contributed by atoms with E-state index in [1.54, 1.807) is 0 Å². The molecule has 3 unspecified atom stereocenters. The Kier molecular flexibility index (Phi) is 3.12. The fraction of sp³-hybridized carbons (Fsp3) is 0.643. The number of fused-ring (bicyclic) bond motifs is 2. The molecule has 1 aromatic heterocycles. The molecule has 0 saturated carbocycles. The molecule has 0 amide bonds. The van der Waals surface area contributed by atoms with Gasteiger partial charge in [0.15, 0.2) is 0 Å². The van der Waals surface area contributed by atoms with E-state index in [2.05, 4.69) is 28.2 Å². The Labute approximate surface area is 103 Å². The van der Waals surface area contributed by atoms with Gasteiger partial charge in [-0.2, -0.15) is 0 Å². The summed E-state index contributed by atoms with van der Waals surface area (Å²) in [5, 5.41) is 3.75. The van der Waals surface area contributed by atoms with Crippen molar-refractivity contribution in [1.29, 1.82) is 0 Å². The van der Waals surface area contributed by atoms with Crippen molar-refractivity contribution < 1.29 is 0 Å². The highest BCUT2D eigenvalue weighted by Gasteiger charge is 2.33. The summed E-state index contributed by atoms with van der Waals surface area (Å²) in [6.07, 6.45) is 6.54. The van der Waals surface area contributed by atoms with Gasteiger partial charge in [0, 0.05) is 31.5 Å². The number of piperidine rings is 1. The lowest BCUT2D eigenvalue weighted by molar-refractivity contribution is 0.220. The average Bonchev–Trinajstić information content (AvgIpc) is 2.73. The maximum absolute atomic E-state index is 4.14. The Balaban J connectivity index is 1.59. The summed E-state index contributed by atoms with van der Waals surface area (Å²) in [5.74, 6) is 0.880. The molecule has 0 spiro atoms. The molecule has 3 nitrogen and oxygen atoms in total. The van der Waals surface area contributed by atoms with E-state index in [0.717, 1.165) is 18.5 Å². The van der Waals surface area contributed by atoms with Crippen molar-refractivity contribution in [2.75, 3.05) is 19.6 Å². The number of nitrogens with one attached hydrogen (secondary N) is 1. The molecule has 2 bridgehead atoms. The van der Waals surface area contributed by atoms with E-state index in [1.165, 1.54) is 43.6 Å². The predicted molar refractivity (Wildman–Crippen MR) is 68.8 cm³/mol. The fourth-order valence-corrected chi connectivity index (χ4v) is 3.16. The Bertz CT molecular complexity index is 391. The van der Waals surface area contributed by atoms with E-state index >= 15 is 0 Å². The number of hydrogen-bond acceptors (Lipinski definition) is 3. The number of hydrogen-bond donors (Lipinski definition) is 1. The molecule has 17 heavy (non-hydrogen) atoms. The first-order valence-corrected chi connectivity index (χ1v) is 6.68. The van der Waals surface area contributed by atoms with Crippen LogP contribution in [0.25, 0.3) is 0 Å². The molecule has 0 radical (unpaired) electrons. The zero-order chi connectivity index (χ0) is 11.7. The summed E-state index contributed by atoms with van der Waals surface area (Å²) in [5.41, 5.74) is 2.68. The van der Waals surface area contributed by atoms with E-state index in [9.17, 15) is 0 Å². The molecular formula is C14H21N3. The SMILES string of the molecule is Cc1cnccc1CNC1CCN2CCC1C2. The van der Waals surface area contributed by atoms with Crippen molar-refractivity contribution in [2.24, 2.45) is 5.92 Å². The first-order valence-electron chi connectivity index (χ1n) is 6.68. The minimum absolute atomic E-state index is 0.723. The maximum Gasteiger partial charge on any atom is 0.0300 e. The van der Waals surface area contributed by atoms with Gasteiger partial charge in [0.2, 0.25) is 0 Å². The molecule has 0 aliphatic carbocycles. The van der Waals surface area contributed by atoms with Crippen LogP contribution in [0, 0.1) is 12.8 Å². The summed E-state index contributed by atoms with van der Waals surface area (Å²) < 4.78 is 0. The van der Waals surface area contributed by atoms with Crippen LogP contribution in [-0.4, -0.2) is 35.6 Å². The van der Waals surface area contributed by atoms with Crippen LogP contribution in [0.4, 0.5) is 0 Å².